The van der Waals surface area contributed by atoms with Gasteiger partial charge in [-0.3, -0.25) is 9.69 Å². The summed E-state index contributed by atoms with van der Waals surface area (Å²) in [6.07, 6.45) is 1.55. The Morgan fingerprint density at radius 1 is 1.30 bits per heavy atom. The Bertz CT molecular complexity index is 496. The second kappa shape index (κ2) is 5.91. The zero-order valence-electron chi connectivity index (χ0n) is 11.6. The molecular weight excluding hydrogens is 254 g/mol. The van der Waals surface area contributed by atoms with Crippen molar-refractivity contribution in [2.24, 2.45) is 0 Å². The lowest BCUT2D eigenvalue weighted by atomic mass is 10.0. The molecule has 2 aliphatic rings. The second-order valence-electron chi connectivity index (χ2n) is 5.48. The Labute approximate surface area is 119 Å². The summed E-state index contributed by atoms with van der Waals surface area (Å²) in [7, 11) is 0. The number of benzene rings is 1. The van der Waals surface area contributed by atoms with Crippen molar-refractivity contribution < 1.29 is 9.90 Å². The molecule has 0 aromatic heterocycles. The molecule has 0 saturated carbocycles. The van der Waals surface area contributed by atoms with Crippen LogP contribution in [-0.2, 0) is 11.2 Å². The standard InChI is InChI=1S/C15H21N3O2/c19-10-14(18-6-1-4-16-5-7-18)11-2-3-13-12(8-11)9-15(20)17-13/h2-3,8,14,16,19H,1,4-7,9-10H2,(H,17,20). The predicted molar refractivity (Wildman–Crippen MR) is 77.7 cm³/mol. The molecule has 20 heavy (non-hydrogen) atoms. The first-order valence-corrected chi connectivity index (χ1v) is 7.26. The number of hydrogen-bond donors (Lipinski definition) is 3. The maximum atomic E-state index is 11.4. The van der Waals surface area contributed by atoms with Gasteiger partial charge in [-0.15, -0.1) is 0 Å². The number of nitrogens with one attached hydrogen (secondary N) is 2. The molecule has 1 aromatic carbocycles. The molecule has 2 heterocycles. The fraction of sp³-hybridized carbons (Fsp3) is 0.533. The Balaban J connectivity index is 1.82. The highest BCUT2D eigenvalue weighted by Crippen LogP contribution is 2.29. The van der Waals surface area contributed by atoms with Gasteiger partial charge in [0.25, 0.3) is 0 Å². The van der Waals surface area contributed by atoms with E-state index >= 15 is 0 Å². The van der Waals surface area contributed by atoms with Crippen molar-refractivity contribution in [1.82, 2.24) is 10.2 Å². The van der Waals surface area contributed by atoms with E-state index in [1.807, 2.05) is 12.1 Å². The predicted octanol–water partition coefficient (Wildman–Crippen LogP) is 0.510. The molecule has 5 nitrogen and oxygen atoms in total. The molecule has 1 saturated heterocycles. The molecule has 0 aliphatic carbocycles. The number of amides is 1. The van der Waals surface area contributed by atoms with Gasteiger partial charge in [0, 0.05) is 25.3 Å². The van der Waals surface area contributed by atoms with Crippen molar-refractivity contribution in [2.45, 2.75) is 18.9 Å². The molecular formula is C15H21N3O2. The van der Waals surface area contributed by atoms with Crippen LogP contribution in [0.3, 0.4) is 0 Å². The van der Waals surface area contributed by atoms with Crippen LogP contribution in [0.2, 0.25) is 0 Å². The van der Waals surface area contributed by atoms with Crippen LogP contribution in [0.1, 0.15) is 23.6 Å². The summed E-state index contributed by atoms with van der Waals surface area (Å²) in [5, 5.41) is 16.0. The molecule has 5 heteroatoms. The van der Waals surface area contributed by atoms with E-state index in [9.17, 15) is 9.90 Å². The van der Waals surface area contributed by atoms with Crippen LogP contribution in [0, 0.1) is 0 Å². The summed E-state index contributed by atoms with van der Waals surface area (Å²) in [6.45, 7) is 4.05. The fourth-order valence-electron chi connectivity index (χ4n) is 3.07. The van der Waals surface area contributed by atoms with E-state index in [-0.39, 0.29) is 18.6 Å². The van der Waals surface area contributed by atoms with Gasteiger partial charge in [-0.25, -0.2) is 0 Å². The smallest absolute Gasteiger partial charge is 0.228 e. The molecule has 3 rings (SSSR count). The SMILES string of the molecule is O=C1Cc2cc(C(CO)N3CCCNCC3)ccc2N1. The molecule has 1 fully saturated rings. The highest BCUT2D eigenvalue weighted by Gasteiger charge is 2.23. The first kappa shape index (κ1) is 13.5. The number of carbonyl (C=O) groups excluding carboxylic acids is 1. The van der Waals surface area contributed by atoms with Crippen molar-refractivity contribution in [2.75, 3.05) is 38.1 Å². The third kappa shape index (κ3) is 2.70. The molecule has 1 amide bonds. The minimum Gasteiger partial charge on any atom is -0.394 e. The molecule has 3 N–H and O–H groups in total. The lowest BCUT2D eigenvalue weighted by molar-refractivity contribution is -0.115. The molecule has 1 aromatic rings. The highest BCUT2D eigenvalue weighted by molar-refractivity contribution is 5.99. The maximum Gasteiger partial charge on any atom is 0.228 e. The van der Waals surface area contributed by atoms with E-state index in [2.05, 4.69) is 21.6 Å². The summed E-state index contributed by atoms with van der Waals surface area (Å²) in [5.74, 6) is 0.0525. The van der Waals surface area contributed by atoms with Gasteiger partial charge in [-0.05, 0) is 30.2 Å². The van der Waals surface area contributed by atoms with E-state index in [4.69, 9.17) is 0 Å². The van der Waals surface area contributed by atoms with Gasteiger partial charge in [0.15, 0.2) is 0 Å². The van der Waals surface area contributed by atoms with Crippen molar-refractivity contribution in [3.8, 4) is 0 Å². The molecule has 0 spiro atoms. The first-order valence-electron chi connectivity index (χ1n) is 7.26. The molecule has 2 aliphatic heterocycles. The largest absolute Gasteiger partial charge is 0.394 e. The molecule has 108 valence electrons. The molecule has 1 unspecified atom stereocenters. The van der Waals surface area contributed by atoms with Crippen LogP contribution in [0.4, 0.5) is 5.69 Å². The van der Waals surface area contributed by atoms with Crippen molar-refractivity contribution in [3.05, 3.63) is 29.3 Å². The Kier molecular flexibility index (Phi) is 4.00. The summed E-state index contributed by atoms with van der Waals surface area (Å²) >= 11 is 0. The monoisotopic (exact) mass is 275 g/mol. The number of hydrogen-bond acceptors (Lipinski definition) is 4. The zero-order chi connectivity index (χ0) is 13.9. The summed E-state index contributed by atoms with van der Waals surface area (Å²) in [4.78, 5) is 13.7. The molecule has 0 bridgehead atoms. The topological polar surface area (TPSA) is 64.6 Å². The van der Waals surface area contributed by atoms with E-state index in [1.54, 1.807) is 0 Å². The van der Waals surface area contributed by atoms with E-state index < -0.39 is 0 Å². The van der Waals surface area contributed by atoms with Crippen LogP contribution >= 0.6 is 0 Å². The summed E-state index contributed by atoms with van der Waals surface area (Å²) in [5.41, 5.74) is 3.05. The second-order valence-corrected chi connectivity index (χ2v) is 5.48. The number of aliphatic hydroxyl groups is 1. The van der Waals surface area contributed by atoms with Crippen molar-refractivity contribution in [3.63, 3.8) is 0 Å². The van der Waals surface area contributed by atoms with Gasteiger partial charge in [0.05, 0.1) is 19.1 Å². The number of carbonyl (C=O) groups is 1. The number of nitrogens with zero attached hydrogens (tertiary/aromatic N) is 1. The lowest BCUT2D eigenvalue weighted by Crippen LogP contribution is -2.34. The average molecular weight is 275 g/mol. The maximum absolute atomic E-state index is 11.4. The van der Waals surface area contributed by atoms with Crippen molar-refractivity contribution >= 4 is 11.6 Å². The van der Waals surface area contributed by atoms with Gasteiger partial charge in [0.1, 0.15) is 0 Å². The van der Waals surface area contributed by atoms with Gasteiger partial charge in [-0.1, -0.05) is 12.1 Å². The van der Waals surface area contributed by atoms with Crippen LogP contribution in [0.15, 0.2) is 18.2 Å². The van der Waals surface area contributed by atoms with E-state index in [1.165, 1.54) is 0 Å². The van der Waals surface area contributed by atoms with Crippen LogP contribution in [-0.4, -0.2) is 48.7 Å². The normalized spacial score (nSPS) is 21.1. The number of rotatable bonds is 3. The third-order valence-electron chi connectivity index (χ3n) is 4.13. The highest BCUT2D eigenvalue weighted by atomic mass is 16.3. The minimum atomic E-state index is 0.0240. The molecule has 1 atom stereocenters. The van der Waals surface area contributed by atoms with Crippen LogP contribution in [0.25, 0.3) is 0 Å². The Morgan fingerprint density at radius 3 is 3.05 bits per heavy atom. The quantitative estimate of drug-likeness (QED) is 0.752. The summed E-state index contributed by atoms with van der Waals surface area (Å²) in [6, 6.07) is 6.06. The summed E-state index contributed by atoms with van der Waals surface area (Å²) < 4.78 is 0. The fourth-order valence-corrected chi connectivity index (χ4v) is 3.07. The molecule has 0 radical (unpaired) electrons. The van der Waals surface area contributed by atoms with Gasteiger partial charge >= 0.3 is 0 Å². The van der Waals surface area contributed by atoms with Crippen LogP contribution in [0.5, 0.6) is 0 Å². The lowest BCUT2D eigenvalue weighted by Gasteiger charge is -2.29. The van der Waals surface area contributed by atoms with Gasteiger partial charge in [-0.2, -0.15) is 0 Å². The Hall–Kier alpha value is -1.43. The number of fused-ring (bicyclic) bond motifs is 1. The van der Waals surface area contributed by atoms with E-state index in [0.29, 0.717) is 6.42 Å². The Morgan fingerprint density at radius 2 is 2.20 bits per heavy atom. The zero-order valence-corrected chi connectivity index (χ0v) is 11.6. The minimum absolute atomic E-state index is 0.0240. The van der Waals surface area contributed by atoms with Gasteiger partial charge in [0.2, 0.25) is 5.91 Å². The number of aliphatic hydroxyl groups excluding tert-OH is 1. The number of anilines is 1. The average Bonchev–Trinajstić information content (AvgIpc) is 2.63. The third-order valence-corrected chi connectivity index (χ3v) is 4.13. The van der Waals surface area contributed by atoms with Crippen LogP contribution < -0.4 is 10.6 Å². The van der Waals surface area contributed by atoms with Gasteiger partial charge < -0.3 is 15.7 Å². The van der Waals surface area contributed by atoms with E-state index in [0.717, 1.165) is 49.4 Å². The first-order chi connectivity index (χ1) is 9.78. The van der Waals surface area contributed by atoms with Crippen molar-refractivity contribution in [1.29, 1.82) is 0 Å².